The second-order valence-electron chi connectivity index (χ2n) is 4.13. The molecule has 2 nitrogen and oxygen atoms in total. The number of nitrogens with zero attached hydrogens (tertiary/aromatic N) is 1. The zero-order valence-electron chi connectivity index (χ0n) is 9.00. The molecule has 2 atom stereocenters. The molecule has 0 aromatic carbocycles. The smallest absolute Gasteiger partial charge is 0.121 e. The van der Waals surface area contributed by atoms with Crippen LogP contribution in [-0.4, -0.2) is 23.7 Å². The molecule has 0 bridgehead atoms. The first-order valence-electron chi connectivity index (χ1n) is 5.54. The number of rotatable bonds is 3. The second kappa shape index (κ2) is 5.03. The van der Waals surface area contributed by atoms with E-state index in [-0.39, 0.29) is 6.04 Å². The monoisotopic (exact) mass is 228 g/mol. The molecule has 1 aromatic rings. The minimum absolute atomic E-state index is 0.0424. The van der Waals surface area contributed by atoms with E-state index in [9.17, 15) is 4.39 Å². The molecule has 84 valence electrons. The predicted molar refractivity (Wildman–Crippen MR) is 61.1 cm³/mol. The van der Waals surface area contributed by atoms with Crippen molar-refractivity contribution in [3.8, 4) is 0 Å². The van der Waals surface area contributed by atoms with Crippen molar-refractivity contribution in [2.24, 2.45) is 0 Å². The number of aromatic nitrogens is 1. The number of hydrogen-bond donors (Lipinski definition) is 1. The van der Waals surface area contributed by atoms with Gasteiger partial charge in [-0.15, -0.1) is 11.3 Å². The van der Waals surface area contributed by atoms with Gasteiger partial charge >= 0.3 is 0 Å². The normalized spacial score (nSPS) is 24.0. The van der Waals surface area contributed by atoms with Crippen LogP contribution in [-0.2, 0) is 6.42 Å². The van der Waals surface area contributed by atoms with Gasteiger partial charge in [0, 0.05) is 17.8 Å². The van der Waals surface area contributed by atoms with E-state index in [1.54, 1.807) is 11.3 Å². The number of hydrogen-bond acceptors (Lipinski definition) is 3. The first-order valence-corrected chi connectivity index (χ1v) is 6.42. The molecule has 1 saturated heterocycles. The van der Waals surface area contributed by atoms with Crippen LogP contribution in [0.3, 0.4) is 0 Å². The van der Waals surface area contributed by atoms with Gasteiger partial charge in [0.1, 0.15) is 6.17 Å². The zero-order chi connectivity index (χ0) is 10.7. The van der Waals surface area contributed by atoms with Crippen molar-refractivity contribution in [1.82, 2.24) is 10.3 Å². The van der Waals surface area contributed by atoms with Crippen LogP contribution in [0.1, 0.15) is 30.0 Å². The fourth-order valence-electron chi connectivity index (χ4n) is 2.03. The molecule has 2 rings (SSSR count). The highest BCUT2D eigenvalue weighted by Gasteiger charge is 2.23. The molecule has 0 saturated carbocycles. The SMILES string of the molecule is Cc1nc(CC(F)C2CCCCN2)cs1. The molecule has 0 amide bonds. The van der Waals surface area contributed by atoms with E-state index in [2.05, 4.69) is 10.3 Å². The lowest BCUT2D eigenvalue weighted by molar-refractivity contribution is 0.216. The van der Waals surface area contributed by atoms with Gasteiger partial charge in [-0.05, 0) is 26.3 Å². The van der Waals surface area contributed by atoms with Crippen LogP contribution in [0.5, 0.6) is 0 Å². The van der Waals surface area contributed by atoms with Crippen molar-refractivity contribution < 1.29 is 4.39 Å². The molecule has 0 spiro atoms. The molecule has 2 heterocycles. The van der Waals surface area contributed by atoms with Crippen LogP contribution in [0.4, 0.5) is 4.39 Å². The van der Waals surface area contributed by atoms with Crippen LogP contribution < -0.4 is 5.32 Å². The third-order valence-electron chi connectivity index (χ3n) is 2.86. The molecule has 0 radical (unpaired) electrons. The Morgan fingerprint density at radius 2 is 2.53 bits per heavy atom. The average Bonchev–Trinajstić information content (AvgIpc) is 2.65. The quantitative estimate of drug-likeness (QED) is 0.859. The topological polar surface area (TPSA) is 24.9 Å². The summed E-state index contributed by atoms with van der Waals surface area (Å²) >= 11 is 1.59. The van der Waals surface area contributed by atoms with Crippen molar-refractivity contribution in [1.29, 1.82) is 0 Å². The molecule has 1 aliphatic heterocycles. The number of nitrogens with one attached hydrogen (secondary N) is 1. The summed E-state index contributed by atoms with van der Waals surface area (Å²) in [7, 11) is 0. The van der Waals surface area contributed by atoms with E-state index in [0.29, 0.717) is 6.42 Å². The molecular formula is C11H17FN2S. The number of alkyl halides is 1. The van der Waals surface area contributed by atoms with Crippen LogP contribution in [0, 0.1) is 6.92 Å². The van der Waals surface area contributed by atoms with Crippen molar-refractivity contribution in [3.63, 3.8) is 0 Å². The van der Waals surface area contributed by atoms with Gasteiger partial charge in [-0.25, -0.2) is 9.37 Å². The highest BCUT2D eigenvalue weighted by molar-refractivity contribution is 7.09. The van der Waals surface area contributed by atoms with Crippen molar-refractivity contribution in [2.45, 2.75) is 44.8 Å². The Hall–Kier alpha value is -0.480. The van der Waals surface area contributed by atoms with Gasteiger partial charge in [0.25, 0.3) is 0 Å². The molecular weight excluding hydrogens is 211 g/mol. The van der Waals surface area contributed by atoms with Gasteiger partial charge in [-0.2, -0.15) is 0 Å². The van der Waals surface area contributed by atoms with Gasteiger partial charge in [-0.3, -0.25) is 0 Å². The highest BCUT2D eigenvalue weighted by atomic mass is 32.1. The number of aryl methyl sites for hydroxylation is 1. The maximum Gasteiger partial charge on any atom is 0.121 e. The van der Waals surface area contributed by atoms with Gasteiger partial charge < -0.3 is 5.32 Å². The summed E-state index contributed by atoms with van der Waals surface area (Å²) in [5.74, 6) is 0. The Morgan fingerprint density at radius 3 is 3.13 bits per heavy atom. The van der Waals surface area contributed by atoms with E-state index >= 15 is 0 Å². The summed E-state index contributed by atoms with van der Waals surface area (Å²) < 4.78 is 13.9. The Kier molecular flexibility index (Phi) is 3.70. The van der Waals surface area contributed by atoms with Gasteiger partial charge in [0.05, 0.1) is 10.7 Å². The Labute approximate surface area is 93.9 Å². The van der Waals surface area contributed by atoms with Gasteiger partial charge in [0.15, 0.2) is 0 Å². The highest BCUT2D eigenvalue weighted by Crippen LogP contribution is 2.18. The maximum absolute atomic E-state index is 13.9. The first kappa shape index (κ1) is 11.0. The summed E-state index contributed by atoms with van der Waals surface area (Å²) in [6, 6.07) is 0.0424. The lowest BCUT2D eigenvalue weighted by atomic mass is 9.98. The molecule has 1 aromatic heterocycles. The number of piperidine rings is 1. The van der Waals surface area contributed by atoms with Crippen LogP contribution in [0.2, 0.25) is 0 Å². The lowest BCUT2D eigenvalue weighted by Gasteiger charge is -2.26. The molecule has 1 aliphatic rings. The maximum atomic E-state index is 13.9. The average molecular weight is 228 g/mol. The van der Waals surface area contributed by atoms with Gasteiger partial charge in [0.2, 0.25) is 0 Å². The van der Waals surface area contributed by atoms with E-state index in [4.69, 9.17) is 0 Å². The Bertz CT molecular complexity index is 307. The lowest BCUT2D eigenvalue weighted by Crippen LogP contribution is -2.42. The summed E-state index contributed by atoms with van der Waals surface area (Å²) in [5, 5.41) is 6.23. The summed E-state index contributed by atoms with van der Waals surface area (Å²) in [6.07, 6.45) is 2.96. The number of halogens is 1. The van der Waals surface area contributed by atoms with E-state index in [1.165, 1.54) is 6.42 Å². The van der Waals surface area contributed by atoms with Crippen molar-refractivity contribution in [2.75, 3.05) is 6.54 Å². The summed E-state index contributed by atoms with van der Waals surface area (Å²) in [6.45, 7) is 2.92. The predicted octanol–water partition coefficient (Wildman–Crippen LogP) is 2.47. The first-order chi connectivity index (χ1) is 7.25. The van der Waals surface area contributed by atoms with Gasteiger partial charge in [-0.1, -0.05) is 6.42 Å². The molecule has 2 unspecified atom stereocenters. The Balaban J connectivity index is 1.88. The minimum atomic E-state index is -0.785. The minimum Gasteiger partial charge on any atom is -0.311 e. The molecule has 15 heavy (non-hydrogen) atoms. The van der Waals surface area contributed by atoms with E-state index < -0.39 is 6.17 Å². The van der Waals surface area contributed by atoms with E-state index in [0.717, 1.165) is 30.1 Å². The largest absolute Gasteiger partial charge is 0.311 e. The summed E-state index contributed by atoms with van der Waals surface area (Å²) in [5.41, 5.74) is 0.900. The fraction of sp³-hybridized carbons (Fsp3) is 0.727. The van der Waals surface area contributed by atoms with Crippen LogP contribution in [0.15, 0.2) is 5.38 Å². The van der Waals surface area contributed by atoms with Crippen molar-refractivity contribution >= 4 is 11.3 Å². The fourth-order valence-corrected chi connectivity index (χ4v) is 2.66. The van der Waals surface area contributed by atoms with Crippen LogP contribution in [0.25, 0.3) is 0 Å². The van der Waals surface area contributed by atoms with Crippen LogP contribution >= 0.6 is 11.3 Å². The second-order valence-corrected chi connectivity index (χ2v) is 5.20. The van der Waals surface area contributed by atoms with E-state index in [1.807, 2.05) is 12.3 Å². The number of thiazole rings is 1. The Morgan fingerprint density at radius 1 is 1.67 bits per heavy atom. The summed E-state index contributed by atoms with van der Waals surface area (Å²) in [4.78, 5) is 4.30. The molecule has 0 aliphatic carbocycles. The standard InChI is InChI=1S/C11H17FN2S/c1-8-14-9(7-15-8)6-10(12)11-4-2-3-5-13-11/h7,10-11,13H,2-6H2,1H3. The molecule has 1 N–H and O–H groups in total. The third kappa shape index (κ3) is 2.98. The third-order valence-corrected chi connectivity index (χ3v) is 3.68. The van der Waals surface area contributed by atoms with Crippen molar-refractivity contribution in [3.05, 3.63) is 16.1 Å². The molecule has 4 heteroatoms. The molecule has 1 fully saturated rings. The zero-order valence-corrected chi connectivity index (χ0v) is 9.82.